The molecule has 0 aliphatic rings. The molecular weight excluding hydrogens is 328 g/mol. The Kier molecular flexibility index (Phi) is 4.60. The van der Waals surface area contributed by atoms with Crippen LogP contribution in [0.25, 0.3) is 0 Å². The van der Waals surface area contributed by atoms with E-state index in [9.17, 15) is 0 Å². The van der Waals surface area contributed by atoms with E-state index in [0.717, 1.165) is 27.8 Å². The Hall–Kier alpha value is -0.910. The molecule has 102 valence electrons. The Balaban J connectivity index is 2.26. The molecule has 0 saturated carbocycles. The van der Waals surface area contributed by atoms with Gasteiger partial charge in [0.25, 0.3) is 0 Å². The molecule has 0 aromatic carbocycles. The smallest absolute Gasteiger partial charge is 0.130 e. The summed E-state index contributed by atoms with van der Waals surface area (Å²) in [7, 11) is 3.78. The maximum absolute atomic E-state index is 6.27. The Bertz CT molecular complexity index is 565. The molecule has 6 heteroatoms. The highest BCUT2D eigenvalue weighted by Gasteiger charge is 2.18. The van der Waals surface area contributed by atoms with Crippen LogP contribution in [-0.4, -0.2) is 21.8 Å². The molecule has 0 radical (unpaired) electrons. The number of aryl methyl sites for hydroxylation is 2. The zero-order valence-corrected chi connectivity index (χ0v) is 13.5. The molecule has 0 aliphatic heterocycles. The summed E-state index contributed by atoms with van der Waals surface area (Å²) in [6.07, 6.45) is 2.57. The van der Waals surface area contributed by atoms with Crippen LogP contribution < -0.4 is 5.32 Å². The SMILES string of the molecule is CNC(Cc1c(C)nn(C)c1Cl)c1ccc(Br)cn1. The molecule has 1 unspecified atom stereocenters. The fourth-order valence-electron chi connectivity index (χ4n) is 2.06. The van der Waals surface area contributed by atoms with Gasteiger partial charge >= 0.3 is 0 Å². The number of nitrogens with zero attached hydrogens (tertiary/aromatic N) is 3. The van der Waals surface area contributed by atoms with E-state index in [2.05, 4.69) is 31.3 Å². The summed E-state index contributed by atoms with van der Waals surface area (Å²) in [5.74, 6) is 0. The summed E-state index contributed by atoms with van der Waals surface area (Å²) >= 11 is 9.67. The number of pyridine rings is 1. The number of hydrogen-bond donors (Lipinski definition) is 1. The lowest BCUT2D eigenvalue weighted by atomic mass is 10.0. The summed E-state index contributed by atoms with van der Waals surface area (Å²) < 4.78 is 2.68. The van der Waals surface area contributed by atoms with Crippen molar-refractivity contribution in [1.29, 1.82) is 0 Å². The van der Waals surface area contributed by atoms with Crippen LogP contribution in [0.1, 0.15) is 23.0 Å². The third kappa shape index (κ3) is 3.16. The molecule has 0 saturated heterocycles. The first-order valence-corrected chi connectivity index (χ1v) is 7.16. The van der Waals surface area contributed by atoms with Gasteiger partial charge in [0.2, 0.25) is 0 Å². The fraction of sp³-hybridized carbons (Fsp3) is 0.385. The average Bonchev–Trinajstić information content (AvgIpc) is 2.63. The van der Waals surface area contributed by atoms with Crippen LogP contribution >= 0.6 is 27.5 Å². The van der Waals surface area contributed by atoms with Gasteiger partial charge in [0.1, 0.15) is 5.15 Å². The maximum Gasteiger partial charge on any atom is 0.130 e. The van der Waals surface area contributed by atoms with E-state index in [1.807, 2.05) is 33.2 Å². The molecule has 0 spiro atoms. The van der Waals surface area contributed by atoms with Gasteiger partial charge in [0.05, 0.1) is 17.4 Å². The number of aromatic nitrogens is 3. The predicted octanol–water partition coefficient (Wildman–Crippen LogP) is 3.04. The zero-order valence-electron chi connectivity index (χ0n) is 11.1. The molecule has 0 amide bonds. The van der Waals surface area contributed by atoms with E-state index < -0.39 is 0 Å². The third-order valence-electron chi connectivity index (χ3n) is 3.13. The van der Waals surface area contributed by atoms with Gasteiger partial charge in [-0.2, -0.15) is 5.10 Å². The third-order valence-corrected chi connectivity index (χ3v) is 4.08. The predicted molar refractivity (Wildman–Crippen MR) is 80.4 cm³/mol. The normalized spacial score (nSPS) is 12.7. The topological polar surface area (TPSA) is 42.7 Å². The number of likely N-dealkylation sites (N-methyl/N-ethyl adjacent to an activating group) is 1. The minimum absolute atomic E-state index is 0.119. The van der Waals surface area contributed by atoms with Crippen molar-refractivity contribution in [2.45, 2.75) is 19.4 Å². The van der Waals surface area contributed by atoms with Crippen molar-refractivity contribution >= 4 is 27.5 Å². The molecule has 1 atom stereocenters. The second kappa shape index (κ2) is 6.03. The summed E-state index contributed by atoms with van der Waals surface area (Å²) in [5, 5.41) is 8.30. The molecule has 4 nitrogen and oxygen atoms in total. The second-order valence-electron chi connectivity index (χ2n) is 4.43. The van der Waals surface area contributed by atoms with Crippen molar-refractivity contribution in [3.8, 4) is 0 Å². The summed E-state index contributed by atoms with van der Waals surface area (Å²) in [6.45, 7) is 1.98. The first-order chi connectivity index (χ1) is 9.02. The summed E-state index contributed by atoms with van der Waals surface area (Å²) in [4.78, 5) is 4.43. The molecule has 2 aromatic heterocycles. The van der Waals surface area contributed by atoms with Gasteiger partial charge < -0.3 is 5.32 Å². The van der Waals surface area contributed by atoms with Gasteiger partial charge in [-0.05, 0) is 48.5 Å². The molecule has 0 bridgehead atoms. The van der Waals surface area contributed by atoms with E-state index in [0.29, 0.717) is 5.15 Å². The van der Waals surface area contributed by atoms with Crippen molar-refractivity contribution in [2.75, 3.05) is 7.05 Å². The number of rotatable bonds is 4. The molecule has 2 rings (SSSR count). The van der Waals surface area contributed by atoms with Gasteiger partial charge in [0.15, 0.2) is 0 Å². The van der Waals surface area contributed by atoms with Crippen LogP contribution in [0.3, 0.4) is 0 Å². The van der Waals surface area contributed by atoms with Gasteiger partial charge in [-0.3, -0.25) is 9.67 Å². The lowest BCUT2D eigenvalue weighted by Crippen LogP contribution is -2.20. The van der Waals surface area contributed by atoms with Crippen LogP contribution in [0.2, 0.25) is 5.15 Å². The Morgan fingerprint density at radius 3 is 2.68 bits per heavy atom. The van der Waals surface area contributed by atoms with Crippen molar-refractivity contribution < 1.29 is 0 Å². The highest BCUT2D eigenvalue weighted by Crippen LogP contribution is 2.25. The summed E-state index contributed by atoms with van der Waals surface area (Å²) in [6, 6.07) is 4.11. The minimum atomic E-state index is 0.119. The first-order valence-electron chi connectivity index (χ1n) is 5.99. The fourth-order valence-corrected chi connectivity index (χ4v) is 2.54. The van der Waals surface area contributed by atoms with Gasteiger partial charge in [-0.25, -0.2) is 0 Å². The van der Waals surface area contributed by atoms with Crippen molar-refractivity contribution in [2.24, 2.45) is 7.05 Å². The number of halogens is 2. The minimum Gasteiger partial charge on any atom is -0.311 e. The van der Waals surface area contributed by atoms with Gasteiger partial charge in [0, 0.05) is 23.3 Å². The molecule has 2 heterocycles. The summed E-state index contributed by atoms with van der Waals surface area (Å²) in [5.41, 5.74) is 3.02. The van der Waals surface area contributed by atoms with E-state index in [-0.39, 0.29) is 6.04 Å². The molecule has 19 heavy (non-hydrogen) atoms. The number of nitrogens with one attached hydrogen (secondary N) is 1. The monoisotopic (exact) mass is 342 g/mol. The first kappa shape index (κ1) is 14.5. The van der Waals surface area contributed by atoms with E-state index in [1.165, 1.54) is 0 Å². The average molecular weight is 344 g/mol. The van der Waals surface area contributed by atoms with Crippen molar-refractivity contribution in [3.05, 3.63) is 44.9 Å². The van der Waals surface area contributed by atoms with Crippen LogP contribution in [0.15, 0.2) is 22.8 Å². The van der Waals surface area contributed by atoms with Crippen LogP contribution in [0, 0.1) is 6.92 Å². The van der Waals surface area contributed by atoms with E-state index in [4.69, 9.17) is 11.6 Å². The Morgan fingerprint density at radius 1 is 1.47 bits per heavy atom. The molecule has 1 N–H and O–H groups in total. The molecule has 0 fully saturated rings. The Labute approximate surface area is 126 Å². The van der Waals surface area contributed by atoms with Crippen LogP contribution in [-0.2, 0) is 13.5 Å². The molecule has 2 aromatic rings. The zero-order chi connectivity index (χ0) is 14.0. The highest BCUT2D eigenvalue weighted by atomic mass is 79.9. The standard InChI is InChI=1S/C13H16BrClN4/c1-8-10(13(15)19(3)18-8)6-12(16-2)11-5-4-9(14)7-17-11/h4-5,7,12,16H,6H2,1-3H3. The lowest BCUT2D eigenvalue weighted by Gasteiger charge is -2.15. The lowest BCUT2D eigenvalue weighted by molar-refractivity contribution is 0.574. The number of hydrogen-bond acceptors (Lipinski definition) is 3. The van der Waals surface area contributed by atoms with E-state index in [1.54, 1.807) is 10.9 Å². The van der Waals surface area contributed by atoms with Crippen LogP contribution in [0.4, 0.5) is 0 Å². The van der Waals surface area contributed by atoms with Crippen molar-refractivity contribution in [1.82, 2.24) is 20.1 Å². The quantitative estimate of drug-likeness (QED) is 0.928. The van der Waals surface area contributed by atoms with E-state index >= 15 is 0 Å². The van der Waals surface area contributed by atoms with Crippen LogP contribution in [0.5, 0.6) is 0 Å². The second-order valence-corrected chi connectivity index (χ2v) is 5.70. The van der Waals surface area contributed by atoms with Gasteiger partial charge in [-0.1, -0.05) is 11.6 Å². The van der Waals surface area contributed by atoms with Gasteiger partial charge in [-0.15, -0.1) is 0 Å². The Morgan fingerprint density at radius 2 is 2.21 bits per heavy atom. The molecular formula is C13H16BrClN4. The highest BCUT2D eigenvalue weighted by molar-refractivity contribution is 9.10. The largest absolute Gasteiger partial charge is 0.311 e. The maximum atomic E-state index is 6.27. The van der Waals surface area contributed by atoms with Crippen molar-refractivity contribution in [3.63, 3.8) is 0 Å². The molecule has 0 aliphatic carbocycles.